The zero-order chi connectivity index (χ0) is 18.4. The Morgan fingerprint density at radius 1 is 1.16 bits per heavy atom. The van der Waals surface area contributed by atoms with E-state index in [1.165, 1.54) is 0 Å². The molecule has 6 nitrogen and oxygen atoms in total. The van der Waals surface area contributed by atoms with E-state index in [1.807, 2.05) is 18.7 Å². The summed E-state index contributed by atoms with van der Waals surface area (Å²) in [4.78, 5) is 27.6. The average molecular weight is 348 g/mol. The summed E-state index contributed by atoms with van der Waals surface area (Å²) in [6.45, 7) is 8.24. The van der Waals surface area contributed by atoms with Crippen molar-refractivity contribution in [2.75, 3.05) is 33.3 Å². The Labute approximate surface area is 149 Å². The van der Waals surface area contributed by atoms with Crippen molar-refractivity contribution in [3.63, 3.8) is 0 Å². The van der Waals surface area contributed by atoms with Gasteiger partial charge < -0.3 is 19.3 Å². The second-order valence-electron chi connectivity index (χ2n) is 6.17. The Hall–Kier alpha value is -2.24. The van der Waals surface area contributed by atoms with Crippen LogP contribution in [-0.2, 0) is 4.79 Å². The summed E-state index contributed by atoms with van der Waals surface area (Å²) in [5.41, 5.74) is 0.598. The molecule has 138 valence electrons. The lowest BCUT2D eigenvalue weighted by molar-refractivity contribution is -0.130. The van der Waals surface area contributed by atoms with Crippen LogP contribution in [0.2, 0.25) is 0 Å². The molecule has 0 unspecified atom stereocenters. The lowest BCUT2D eigenvalue weighted by atomic mass is 10.1. The highest BCUT2D eigenvalue weighted by atomic mass is 16.5. The number of carbonyl (C=O) groups is 2. The van der Waals surface area contributed by atoms with Gasteiger partial charge in [-0.05, 0) is 32.0 Å². The second kappa shape index (κ2) is 8.74. The van der Waals surface area contributed by atoms with Gasteiger partial charge in [0.25, 0.3) is 5.91 Å². The molecule has 1 aliphatic rings. The van der Waals surface area contributed by atoms with Crippen molar-refractivity contribution in [1.29, 1.82) is 0 Å². The van der Waals surface area contributed by atoms with Crippen LogP contribution in [0, 0.1) is 0 Å². The van der Waals surface area contributed by atoms with Gasteiger partial charge in [-0.25, -0.2) is 0 Å². The molecule has 1 aliphatic heterocycles. The van der Waals surface area contributed by atoms with E-state index in [1.54, 1.807) is 37.1 Å². The summed E-state index contributed by atoms with van der Waals surface area (Å²) in [6, 6.07) is 5.30. The van der Waals surface area contributed by atoms with Crippen molar-refractivity contribution in [3.8, 4) is 11.5 Å². The molecular formula is C19H28N2O4. The third kappa shape index (κ3) is 4.65. The van der Waals surface area contributed by atoms with Gasteiger partial charge in [0.1, 0.15) is 6.10 Å². The van der Waals surface area contributed by atoms with Crippen LogP contribution in [0.4, 0.5) is 0 Å². The van der Waals surface area contributed by atoms with Gasteiger partial charge in [-0.3, -0.25) is 9.59 Å². The fourth-order valence-electron chi connectivity index (χ4n) is 3.06. The van der Waals surface area contributed by atoms with Gasteiger partial charge >= 0.3 is 0 Å². The molecule has 0 aromatic heterocycles. The Balaban J connectivity index is 2.12. The summed E-state index contributed by atoms with van der Waals surface area (Å²) in [5, 5.41) is 0. The molecule has 0 bridgehead atoms. The number of likely N-dealkylation sites (tertiary alicyclic amines) is 1. The fraction of sp³-hybridized carbons (Fsp3) is 0.579. The number of nitrogens with zero attached hydrogens (tertiary/aromatic N) is 2. The summed E-state index contributed by atoms with van der Waals surface area (Å²) >= 11 is 0. The Morgan fingerprint density at radius 3 is 2.32 bits per heavy atom. The minimum absolute atomic E-state index is 0.0103. The quantitative estimate of drug-likeness (QED) is 0.793. The van der Waals surface area contributed by atoms with Gasteiger partial charge in [-0.1, -0.05) is 0 Å². The van der Waals surface area contributed by atoms with Gasteiger partial charge in [0.05, 0.1) is 7.11 Å². The lowest BCUT2D eigenvalue weighted by Crippen LogP contribution is -2.40. The number of hydrogen-bond donors (Lipinski definition) is 0. The van der Waals surface area contributed by atoms with Crippen LogP contribution < -0.4 is 9.47 Å². The summed E-state index contributed by atoms with van der Waals surface area (Å²) in [7, 11) is 1.59. The molecule has 2 rings (SSSR count). The number of rotatable bonds is 6. The molecular weight excluding hydrogens is 320 g/mol. The largest absolute Gasteiger partial charge is 0.493 e. The molecule has 0 saturated carbocycles. The lowest BCUT2D eigenvalue weighted by Gasteiger charge is -2.31. The van der Waals surface area contributed by atoms with E-state index in [-0.39, 0.29) is 17.9 Å². The molecule has 1 aromatic rings. The van der Waals surface area contributed by atoms with Crippen LogP contribution in [0.1, 0.15) is 44.0 Å². The molecule has 25 heavy (non-hydrogen) atoms. The fourth-order valence-corrected chi connectivity index (χ4v) is 3.06. The number of hydrogen-bond acceptors (Lipinski definition) is 4. The van der Waals surface area contributed by atoms with E-state index in [9.17, 15) is 9.59 Å². The first-order valence-corrected chi connectivity index (χ1v) is 8.89. The van der Waals surface area contributed by atoms with Crippen LogP contribution in [0.25, 0.3) is 0 Å². The van der Waals surface area contributed by atoms with Crippen molar-refractivity contribution in [2.45, 2.75) is 39.7 Å². The van der Waals surface area contributed by atoms with E-state index in [0.29, 0.717) is 43.2 Å². The second-order valence-corrected chi connectivity index (χ2v) is 6.17. The summed E-state index contributed by atoms with van der Waals surface area (Å²) in [5.74, 6) is 1.29. The predicted molar refractivity (Wildman–Crippen MR) is 96.1 cm³/mol. The number of carbonyl (C=O) groups excluding carboxylic acids is 2. The third-order valence-corrected chi connectivity index (χ3v) is 4.64. The van der Waals surface area contributed by atoms with E-state index >= 15 is 0 Å². The summed E-state index contributed by atoms with van der Waals surface area (Å²) < 4.78 is 11.5. The minimum atomic E-state index is -0.0103. The first-order valence-electron chi connectivity index (χ1n) is 8.89. The SMILES string of the molecule is CCN(CC)C(=O)c1ccc(OC)c(OC2CCN(C(C)=O)CC2)c1. The van der Waals surface area contributed by atoms with Crippen LogP contribution in [-0.4, -0.2) is 61.0 Å². The predicted octanol–water partition coefficient (Wildman–Crippen LogP) is 2.57. The Bertz CT molecular complexity index is 605. The number of benzene rings is 1. The molecule has 1 fully saturated rings. The van der Waals surface area contributed by atoms with Gasteiger partial charge in [-0.2, -0.15) is 0 Å². The Kier molecular flexibility index (Phi) is 6.67. The van der Waals surface area contributed by atoms with E-state index in [2.05, 4.69) is 0 Å². The highest BCUT2D eigenvalue weighted by Crippen LogP contribution is 2.31. The highest BCUT2D eigenvalue weighted by molar-refractivity contribution is 5.94. The number of piperidine rings is 1. The van der Waals surface area contributed by atoms with Crippen molar-refractivity contribution in [1.82, 2.24) is 9.80 Å². The van der Waals surface area contributed by atoms with E-state index in [4.69, 9.17) is 9.47 Å². The maximum Gasteiger partial charge on any atom is 0.253 e. The van der Waals surface area contributed by atoms with Gasteiger partial charge in [0.2, 0.25) is 5.91 Å². The topological polar surface area (TPSA) is 59.1 Å². The molecule has 6 heteroatoms. The first kappa shape index (κ1) is 19.1. The Morgan fingerprint density at radius 2 is 1.80 bits per heavy atom. The average Bonchev–Trinajstić information content (AvgIpc) is 2.63. The third-order valence-electron chi connectivity index (χ3n) is 4.64. The molecule has 0 radical (unpaired) electrons. The maximum absolute atomic E-state index is 12.6. The molecule has 0 spiro atoms. The number of methoxy groups -OCH3 is 1. The van der Waals surface area contributed by atoms with Gasteiger partial charge in [-0.15, -0.1) is 0 Å². The van der Waals surface area contributed by atoms with Gasteiger partial charge in [0.15, 0.2) is 11.5 Å². The first-order chi connectivity index (χ1) is 12.0. The molecule has 0 N–H and O–H groups in total. The molecule has 0 aliphatic carbocycles. The maximum atomic E-state index is 12.6. The van der Waals surface area contributed by atoms with Crippen LogP contribution in [0.5, 0.6) is 11.5 Å². The van der Waals surface area contributed by atoms with Crippen molar-refractivity contribution < 1.29 is 19.1 Å². The molecule has 1 heterocycles. The van der Waals surface area contributed by atoms with Crippen molar-refractivity contribution in [3.05, 3.63) is 23.8 Å². The van der Waals surface area contributed by atoms with E-state index in [0.717, 1.165) is 12.8 Å². The standard InChI is InChI=1S/C19H28N2O4/c1-5-20(6-2)19(23)15-7-8-17(24-4)18(13-15)25-16-9-11-21(12-10-16)14(3)22/h7-8,13,16H,5-6,9-12H2,1-4H3. The van der Waals surface area contributed by atoms with Crippen LogP contribution in [0.3, 0.4) is 0 Å². The van der Waals surface area contributed by atoms with Crippen molar-refractivity contribution in [2.24, 2.45) is 0 Å². The number of ether oxygens (including phenoxy) is 2. The smallest absolute Gasteiger partial charge is 0.253 e. The summed E-state index contributed by atoms with van der Waals surface area (Å²) in [6.07, 6.45) is 1.57. The zero-order valence-electron chi connectivity index (χ0n) is 15.6. The monoisotopic (exact) mass is 348 g/mol. The molecule has 1 aromatic carbocycles. The van der Waals surface area contributed by atoms with E-state index < -0.39 is 0 Å². The molecule has 2 amide bonds. The van der Waals surface area contributed by atoms with Crippen LogP contribution in [0.15, 0.2) is 18.2 Å². The zero-order valence-corrected chi connectivity index (χ0v) is 15.6. The normalized spacial score (nSPS) is 15.0. The van der Waals surface area contributed by atoms with Crippen molar-refractivity contribution >= 4 is 11.8 Å². The molecule has 0 atom stereocenters. The minimum Gasteiger partial charge on any atom is -0.493 e. The molecule has 1 saturated heterocycles. The van der Waals surface area contributed by atoms with Gasteiger partial charge in [0, 0.05) is 51.5 Å². The highest BCUT2D eigenvalue weighted by Gasteiger charge is 2.23. The number of amides is 2. The van der Waals surface area contributed by atoms with Crippen LogP contribution >= 0.6 is 0 Å².